The van der Waals surface area contributed by atoms with E-state index in [0.717, 1.165) is 50.0 Å². The first-order valence-corrected chi connectivity index (χ1v) is 20.0. The summed E-state index contributed by atoms with van der Waals surface area (Å²) < 4.78 is 97.9. The van der Waals surface area contributed by atoms with Gasteiger partial charge in [-0.15, -0.1) is 0 Å². The van der Waals surface area contributed by atoms with E-state index in [1.54, 1.807) is 39.1 Å². The van der Waals surface area contributed by atoms with Gasteiger partial charge in [0, 0.05) is 41.1 Å². The summed E-state index contributed by atoms with van der Waals surface area (Å²) in [5.74, 6) is -6.79. The number of rotatable bonds is 8. The molecule has 2 aromatic carbocycles. The lowest BCUT2D eigenvalue weighted by molar-refractivity contribution is -0.169. The SMILES string of the molecule is COC(=O)c1cc(C2CC2)cnc1N(C(=O)C(F)(F)F)c1cccc2[nH]ccc12.COC(=O)c1cc(C2CC2)cnc1N(C(=O)C(F)(F)F)c1cccc2c1ccn2C(=O)OC(C)(C)C. The fourth-order valence-corrected chi connectivity index (χ4v) is 7.08. The van der Waals surface area contributed by atoms with E-state index in [1.165, 1.54) is 67.1 Å². The second-order valence-electron chi connectivity index (χ2n) is 16.2. The lowest BCUT2D eigenvalue weighted by atomic mass is 10.1. The molecule has 2 aliphatic rings. The molecule has 340 valence electrons. The van der Waals surface area contributed by atoms with Gasteiger partial charge >= 0.3 is 42.2 Å². The number of nitrogens with one attached hydrogen (secondary N) is 1. The summed E-state index contributed by atoms with van der Waals surface area (Å²) in [6, 6.07) is 14.5. The Bertz CT molecular complexity index is 2840. The van der Waals surface area contributed by atoms with E-state index in [-0.39, 0.29) is 45.2 Å². The van der Waals surface area contributed by atoms with E-state index in [2.05, 4.69) is 15.0 Å². The number of fused-ring (bicyclic) bond motifs is 2. The molecule has 1 N–H and O–H groups in total. The Labute approximate surface area is 366 Å². The fourth-order valence-electron chi connectivity index (χ4n) is 7.08. The van der Waals surface area contributed by atoms with Gasteiger partial charge in [0.1, 0.15) is 16.7 Å². The van der Waals surface area contributed by atoms with Crippen molar-refractivity contribution < 1.29 is 64.5 Å². The summed E-state index contributed by atoms with van der Waals surface area (Å²) in [5, 5.41) is 0.527. The molecule has 8 rings (SSSR count). The highest BCUT2D eigenvalue weighted by Gasteiger charge is 2.47. The van der Waals surface area contributed by atoms with E-state index >= 15 is 0 Å². The summed E-state index contributed by atoms with van der Waals surface area (Å²) in [6.07, 6.45) is -2.00. The molecule has 0 atom stereocenters. The molecule has 2 aliphatic carbocycles. The third-order valence-electron chi connectivity index (χ3n) is 10.4. The minimum absolute atomic E-state index is 0.0390. The van der Waals surface area contributed by atoms with Crippen molar-refractivity contribution >= 4 is 74.7 Å². The summed E-state index contributed by atoms with van der Waals surface area (Å²) in [7, 11) is 2.21. The average molecular weight is 907 g/mol. The monoisotopic (exact) mass is 906 g/mol. The van der Waals surface area contributed by atoms with Crippen molar-refractivity contribution in [2.45, 2.75) is 76.2 Å². The second-order valence-corrected chi connectivity index (χ2v) is 16.2. The van der Waals surface area contributed by atoms with Gasteiger partial charge in [0.05, 0.1) is 31.1 Å². The van der Waals surface area contributed by atoms with Gasteiger partial charge in [-0.1, -0.05) is 12.1 Å². The highest BCUT2D eigenvalue weighted by molar-refractivity contribution is 6.14. The van der Waals surface area contributed by atoms with Crippen molar-refractivity contribution in [1.82, 2.24) is 19.5 Å². The Kier molecular flexibility index (Phi) is 12.2. The number of ether oxygens (including phenoxy) is 3. The van der Waals surface area contributed by atoms with Crippen LogP contribution in [0.4, 0.5) is 54.1 Å². The number of alkyl halides is 6. The smallest absolute Gasteiger partial charge is 0.465 e. The predicted molar refractivity (Wildman–Crippen MR) is 223 cm³/mol. The predicted octanol–water partition coefficient (Wildman–Crippen LogP) is 10.2. The van der Waals surface area contributed by atoms with Crippen molar-refractivity contribution in [1.29, 1.82) is 0 Å². The Hall–Kier alpha value is -7.25. The average Bonchev–Trinajstić information content (AvgIpc) is 4.19. The summed E-state index contributed by atoms with van der Waals surface area (Å²) in [5.41, 5.74) is 0.613. The number of H-pyrrole nitrogens is 1. The summed E-state index contributed by atoms with van der Waals surface area (Å²) in [4.78, 5) is 74.7. The van der Waals surface area contributed by atoms with Gasteiger partial charge < -0.3 is 19.2 Å². The molecule has 6 aromatic rings. The number of esters is 2. The van der Waals surface area contributed by atoms with Gasteiger partial charge in [-0.25, -0.2) is 24.4 Å². The Balaban J connectivity index is 0.000000198. The molecule has 65 heavy (non-hydrogen) atoms. The number of benzene rings is 2. The van der Waals surface area contributed by atoms with Crippen LogP contribution in [0.5, 0.6) is 0 Å². The van der Waals surface area contributed by atoms with Crippen molar-refractivity contribution in [3.05, 3.63) is 108 Å². The van der Waals surface area contributed by atoms with E-state index in [1.807, 2.05) is 0 Å². The molecule has 0 radical (unpaired) electrons. The van der Waals surface area contributed by atoms with Crippen LogP contribution < -0.4 is 9.80 Å². The minimum atomic E-state index is -5.29. The summed E-state index contributed by atoms with van der Waals surface area (Å²) >= 11 is 0. The standard InChI is InChI=1S/C25H24F3N3O5.C20H16F3N3O3/c1-24(2,3)36-23(34)30-11-10-16-18(30)6-5-7-19(16)31(22(33)25(26,27)28)20-17(21(32)35-4)12-15(13-29-20)14-8-9-14;1-29-18(27)14-9-12(11-5-6-11)10-25-17(14)26(19(28)20(21,22)23)16-4-2-3-15-13(16)7-8-24-15/h5-7,10-14H,8-9H2,1-4H3;2-4,7-11,24H,5-6H2,1H3. The van der Waals surface area contributed by atoms with Crippen molar-refractivity contribution in [2.75, 3.05) is 24.0 Å². The molecule has 2 saturated carbocycles. The van der Waals surface area contributed by atoms with Crippen molar-refractivity contribution in [2.24, 2.45) is 0 Å². The first kappa shape index (κ1) is 45.8. The van der Waals surface area contributed by atoms with Crippen LogP contribution in [-0.2, 0) is 23.8 Å². The van der Waals surface area contributed by atoms with Crippen LogP contribution in [0.1, 0.15) is 90.1 Å². The maximum absolute atomic E-state index is 13.8. The van der Waals surface area contributed by atoms with Crippen LogP contribution in [0, 0.1) is 0 Å². The quantitative estimate of drug-likeness (QED) is 0.0882. The molecule has 0 spiro atoms. The Morgan fingerprint density at radius 3 is 1.60 bits per heavy atom. The highest BCUT2D eigenvalue weighted by Crippen LogP contribution is 2.44. The van der Waals surface area contributed by atoms with E-state index < -0.39 is 59.4 Å². The van der Waals surface area contributed by atoms with Gasteiger partial charge in [-0.3, -0.25) is 24.0 Å². The molecule has 20 heteroatoms. The van der Waals surface area contributed by atoms with Crippen LogP contribution in [0.25, 0.3) is 21.8 Å². The van der Waals surface area contributed by atoms with Gasteiger partial charge in [0.25, 0.3) is 0 Å². The van der Waals surface area contributed by atoms with E-state index in [0.29, 0.717) is 26.3 Å². The topological polar surface area (TPSA) is 166 Å². The van der Waals surface area contributed by atoms with E-state index in [9.17, 15) is 50.3 Å². The van der Waals surface area contributed by atoms with Crippen molar-refractivity contribution in [3.8, 4) is 0 Å². The number of carbonyl (C=O) groups excluding carboxylic acids is 5. The lowest BCUT2D eigenvalue weighted by Crippen LogP contribution is -2.39. The molecule has 0 saturated heterocycles. The molecule has 4 aromatic heterocycles. The zero-order chi connectivity index (χ0) is 47.2. The zero-order valence-corrected chi connectivity index (χ0v) is 35.3. The van der Waals surface area contributed by atoms with Crippen LogP contribution in [0.15, 0.2) is 85.5 Å². The molecular formula is C45H40F6N6O8. The molecule has 0 aliphatic heterocycles. The number of amides is 2. The number of hydrogen-bond acceptors (Lipinski definition) is 10. The Morgan fingerprint density at radius 1 is 0.677 bits per heavy atom. The lowest BCUT2D eigenvalue weighted by Gasteiger charge is -2.25. The van der Waals surface area contributed by atoms with Crippen LogP contribution in [-0.4, -0.2) is 81.5 Å². The molecule has 14 nitrogen and oxygen atoms in total. The number of aromatic amines is 1. The maximum atomic E-state index is 13.8. The van der Waals surface area contributed by atoms with Crippen molar-refractivity contribution in [3.63, 3.8) is 0 Å². The van der Waals surface area contributed by atoms with Crippen LogP contribution in [0.2, 0.25) is 0 Å². The number of halogens is 6. The number of methoxy groups -OCH3 is 2. The minimum Gasteiger partial charge on any atom is -0.465 e. The molecule has 2 amide bonds. The fraction of sp³-hybridized carbons (Fsp3) is 0.311. The first-order chi connectivity index (χ1) is 30.6. The number of pyridine rings is 2. The van der Waals surface area contributed by atoms with Gasteiger partial charge in [0.15, 0.2) is 11.6 Å². The summed E-state index contributed by atoms with van der Waals surface area (Å²) in [6.45, 7) is 5.03. The number of anilines is 4. The first-order valence-electron chi connectivity index (χ1n) is 20.0. The highest BCUT2D eigenvalue weighted by atomic mass is 19.4. The maximum Gasteiger partial charge on any atom is 0.472 e. The largest absolute Gasteiger partial charge is 0.472 e. The molecular weight excluding hydrogens is 867 g/mol. The number of aromatic nitrogens is 4. The molecule has 0 unspecified atom stereocenters. The number of hydrogen-bond donors (Lipinski definition) is 1. The molecule has 2 fully saturated rings. The number of nitrogens with zero attached hydrogens (tertiary/aromatic N) is 5. The Morgan fingerprint density at radius 2 is 1.15 bits per heavy atom. The van der Waals surface area contributed by atoms with Gasteiger partial charge in [-0.2, -0.15) is 26.3 Å². The van der Waals surface area contributed by atoms with Gasteiger partial charge in [-0.05, 0) is 118 Å². The number of carbonyl (C=O) groups is 5. The third-order valence-corrected chi connectivity index (χ3v) is 10.4. The zero-order valence-electron chi connectivity index (χ0n) is 35.3. The van der Waals surface area contributed by atoms with Gasteiger partial charge in [0.2, 0.25) is 0 Å². The van der Waals surface area contributed by atoms with Crippen LogP contribution in [0.3, 0.4) is 0 Å². The van der Waals surface area contributed by atoms with Crippen LogP contribution >= 0.6 is 0 Å². The molecule has 0 bridgehead atoms. The normalized spacial score (nSPS) is 14.0. The second kappa shape index (κ2) is 17.4. The third kappa shape index (κ3) is 9.65. The molecule has 4 heterocycles. The van der Waals surface area contributed by atoms with E-state index in [4.69, 9.17) is 14.2 Å².